The van der Waals surface area contributed by atoms with E-state index in [0.29, 0.717) is 16.6 Å². The van der Waals surface area contributed by atoms with E-state index in [1.807, 2.05) is 30.3 Å². The fourth-order valence-corrected chi connectivity index (χ4v) is 5.09. The van der Waals surface area contributed by atoms with E-state index in [0.717, 1.165) is 54.6 Å². The van der Waals surface area contributed by atoms with Crippen LogP contribution in [-0.4, -0.2) is 36.2 Å². The van der Waals surface area contributed by atoms with Crippen LogP contribution in [0.5, 0.6) is 0 Å². The number of carbonyl (C=O) groups excluding carboxylic acids is 1. The first-order valence-electron chi connectivity index (χ1n) is 9.77. The molecule has 3 nitrogen and oxygen atoms in total. The molecule has 0 aromatic heterocycles. The third-order valence-electron chi connectivity index (χ3n) is 5.07. The van der Waals surface area contributed by atoms with Crippen molar-refractivity contribution in [2.24, 2.45) is 5.92 Å². The number of carbonyl (C=O) groups is 1. The van der Waals surface area contributed by atoms with Gasteiger partial charge in [-0.1, -0.05) is 53.0 Å². The van der Waals surface area contributed by atoms with Crippen LogP contribution in [0.2, 0.25) is 15.1 Å². The van der Waals surface area contributed by atoms with Crippen LogP contribution in [-0.2, 0) is 17.1 Å². The molecule has 0 bridgehead atoms. The van der Waals surface area contributed by atoms with Crippen molar-refractivity contribution in [1.82, 2.24) is 10.2 Å². The lowest BCUT2D eigenvalue weighted by Gasteiger charge is -2.31. The molecule has 0 unspecified atom stereocenters. The molecule has 2 aromatic rings. The zero-order valence-electron chi connectivity index (χ0n) is 16.2. The molecule has 1 aliphatic rings. The topological polar surface area (TPSA) is 32.3 Å². The van der Waals surface area contributed by atoms with Gasteiger partial charge in [0.15, 0.2) is 0 Å². The highest BCUT2D eigenvalue weighted by Crippen LogP contribution is 2.25. The van der Waals surface area contributed by atoms with Crippen LogP contribution >= 0.6 is 46.6 Å². The summed E-state index contributed by atoms with van der Waals surface area (Å²) in [6.45, 7) is 3.44. The maximum atomic E-state index is 12.4. The maximum Gasteiger partial charge on any atom is 0.223 e. The normalized spacial score (nSPS) is 15.4. The van der Waals surface area contributed by atoms with Gasteiger partial charge in [-0.15, -0.1) is 0 Å². The van der Waals surface area contributed by atoms with Gasteiger partial charge in [0.05, 0.1) is 0 Å². The van der Waals surface area contributed by atoms with Gasteiger partial charge in [-0.2, -0.15) is 11.8 Å². The zero-order valence-corrected chi connectivity index (χ0v) is 19.3. The molecule has 1 saturated heterocycles. The van der Waals surface area contributed by atoms with E-state index < -0.39 is 0 Å². The van der Waals surface area contributed by atoms with E-state index in [1.165, 1.54) is 5.56 Å². The Hall–Kier alpha value is -0.910. The van der Waals surface area contributed by atoms with Crippen LogP contribution in [0.3, 0.4) is 0 Å². The Morgan fingerprint density at radius 1 is 1.07 bits per heavy atom. The van der Waals surface area contributed by atoms with E-state index in [1.54, 1.807) is 17.8 Å². The van der Waals surface area contributed by atoms with E-state index in [9.17, 15) is 4.79 Å². The molecule has 29 heavy (non-hydrogen) atoms. The first-order valence-corrected chi connectivity index (χ1v) is 12.1. The standard InChI is InChI=1S/C22H25Cl3N2OS/c23-19-3-1-2-16(12-19)14-27-9-6-17(7-10-27)22(28)26-8-11-29-15-18-4-5-20(24)13-21(18)25/h1-5,12-13,17H,6-11,14-15H2,(H,26,28). The fraction of sp³-hybridized carbons (Fsp3) is 0.409. The minimum Gasteiger partial charge on any atom is -0.355 e. The lowest BCUT2D eigenvalue weighted by atomic mass is 9.95. The molecule has 1 heterocycles. The third-order valence-corrected chi connectivity index (χ3v) is 6.90. The Bertz CT molecular complexity index is 825. The number of nitrogens with zero attached hydrogens (tertiary/aromatic N) is 1. The van der Waals surface area contributed by atoms with Crippen molar-refractivity contribution >= 4 is 52.5 Å². The molecular formula is C22H25Cl3N2OS. The van der Waals surface area contributed by atoms with Crippen LogP contribution < -0.4 is 5.32 Å². The number of nitrogens with one attached hydrogen (secondary N) is 1. The minimum absolute atomic E-state index is 0.112. The Kier molecular flexibility index (Phi) is 9.01. The summed E-state index contributed by atoms with van der Waals surface area (Å²) in [5.74, 6) is 1.96. The van der Waals surface area contributed by atoms with E-state index in [4.69, 9.17) is 34.8 Å². The summed E-state index contributed by atoms with van der Waals surface area (Å²) in [7, 11) is 0. The van der Waals surface area contributed by atoms with Gasteiger partial charge in [-0.05, 0) is 61.3 Å². The molecule has 0 radical (unpaired) electrons. The lowest BCUT2D eigenvalue weighted by Crippen LogP contribution is -2.40. The number of piperidine rings is 1. The van der Waals surface area contributed by atoms with Crippen molar-refractivity contribution < 1.29 is 4.79 Å². The van der Waals surface area contributed by atoms with Gasteiger partial charge in [0.1, 0.15) is 0 Å². The van der Waals surface area contributed by atoms with Gasteiger partial charge in [0, 0.05) is 45.6 Å². The Balaban J connectivity index is 1.31. The number of likely N-dealkylation sites (tertiary alicyclic amines) is 1. The van der Waals surface area contributed by atoms with Gasteiger partial charge in [-0.3, -0.25) is 9.69 Å². The van der Waals surface area contributed by atoms with Crippen LogP contribution in [0.25, 0.3) is 0 Å². The SMILES string of the molecule is O=C(NCCSCc1ccc(Cl)cc1Cl)C1CCN(Cc2cccc(Cl)c2)CC1. The number of halogens is 3. The number of hydrogen-bond acceptors (Lipinski definition) is 3. The van der Waals surface area contributed by atoms with Crippen molar-refractivity contribution in [3.05, 3.63) is 68.7 Å². The fourth-order valence-electron chi connectivity index (χ4n) is 3.46. The summed E-state index contributed by atoms with van der Waals surface area (Å²) in [6, 6.07) is 13.5. The highest BCUT2D eigenvalue weighted by molar-refractivity contribution is 7.98. The van der Waals surface area contributed by atoms with Gasteiger partial charge in [-0.25, -0.2) is 0 Å². The van der Waals surface area contributed by atoms with Crippen molar-refractivity contribution in [2.45, 2.75) is 25.1 Å². The minimum atomic E-state index is 0.112. The molecular weight excluding hydrogens is 447 g/mol. The monoisotopic (exact) mass is 470 g/mol. The number of rotatable bonds is 8. The molecule has 156 valence electrons. The summed E-state index contributed by atoms with van der Waals surface area (Å²) >= 11 is 19.9. The highest BCUT2D eigenvalue weighted by Gasteiger charge is 2.24. The first-order chi connectivity index (χ1) is 14.0. The predicted molar refractivity (Wildman–Crippen MR) is 125 cm³/mol. The van der Waals surface area contributed by atoms with Gasteiger partial charge < -0.3 is 5.32 Å². The van der Waals surface area contributed by atoms with E-state index >= 15 is 0 Å². The second-order valence-electron chi connectivity index (χ2n) is 7.26. The molecule has 0 atom stereocenters. The van der Waals surface area contributed by atoms with Gasteiger partial charge in [0.25, 0.3) is 0 Å². The van der Waals surface area contributed by atoms with Crippen molar-refractivity contribution in [3.8, 4) is 0 Å². The second-order valence-corrected chi connectivity index (χ2v) is 9.64. The van der Waals surface area contributed by atoms with Crippen molar-refractivity contribution in [1.29, 1.82) is 0 Å². The van der Waals surface area contributed by atoms with Crippen LogP contribution in [0, 0.1) is 5.92 Å². The molecule has 0 saturated carbocycles. The molecule has 1 aliphatic heterocycles. The summed E-state index contributed by atoms with van der Waals surface area (Å²) in [5.41, 5.74) is 2.29. The summed E-state index contributed by atoms with van der Waals surface area (Å²) in [4.78, 5) is 14.8. The Morgan fingerprint density at radius 2 is 1.83 bits per heavy atom. The average Bonchev–Trinajstić information content (AvgIpc) is 2.69. The molecule has 0 aliphatic carbocycles. The molecule has 2 aromatic carbocycles. The molecule has 1 fully saturated rings. The number of thioether (sulfide) groups is 1. The highest BCUT2D eigenvalue weighted by atomic mass is 35.5. The Labute approximate surface area is 192 Å². The van der Waals surface area contributed by atoms with E-state index in [-0.39, 0.29) is 11.8 Å². The molecule has 7 heteroatoms. The molecule has 1 amide bonds. The average molecular weight is 472 g/mol. The van der Waals surface area contributed by atoms with Crippen molar-refractivity contribution in [2.75, 3.05) is 25.4 Å². The first kappa shape index (κ1) is 22.8. The third kappa shape index (κ3) is 7.37. The smallest absolute Gasteiger partial charge is 0.223 e. The molecule has 3 rings (SSSR count). The van der Waals surface area contributed by atoms with Gasteiger partial charge in [0.2, 0.25) is 5.91 Å². The van der Waals surface area contributed by atoms with Crippen LogP contribution in [0.15, 0.2) is 42.5 Å². The Morgan fingerprint density at radius 3 is 2.55 bits per heavy atom. The summed E-state index contributed by atoms with van der Waals surface area (Å²) in [5, 5.41) is 5.20. The summed E-state index contributed by atoms with van der Waals surface area (Å²) in [6.07, 6.45) is 1.81. The van der Waals surface area contributed by atoms with Gasteiger partial charge >= 0.3 is 0 Å². The van der Waals surface area contributed by atoms with Crippen LogP contribution in [0.4, 0.5) is 0 Å². The number of hydrogen-bond donors (Lipinski definition) is 1. The molecule has 0 spiro atoms. The number of benzene rings is 2. The quantitative estimate of drug-likeness (QED) is 0.486. The second kappa shape index (κ2) is 11.5. The molecule has 1 N–H and O–H groups in total. The number of amides is 1. The van der Waals surface area contributed by atoms with Crippen molar-refractivity contribution in [3.63, 3.8) is 0 Å². The summed E-state index contributed by atoms with van der Waals surface area (Å²) < 4.78 is 0. The maximum absolute atomic E-state index is 12.4. The van der Waals surface area contributed by atoms with E-state index in [2.05, 4.69) is 16.3 Å². The predicted octanol–water partition coefficient (Wildman–Crippen LogP) is 5.91. The zero-order chi connectivity index (χ0) is 20.6. The lowest BCUT2D eigenvalue weighted by molar-refractivity contribution is -0.126. The van der Waals surface area contributed by atoms with Crippen LogP contribution in [0.1, 0.15) is 24.0 Å². The largest absolute Gasteiger partial charge is 0.355 e.